The second kappa shape index (κ2) is 14.9. The van der Waals surface area contributed by atoms with E-state index in [0.717, 1.165) is 12.8 Å². The Morgan fingerprint density at radius 3 is 2.15 bits per heavy atom. The summed E-state index contributed by atoms with van der Waals surface area (Å²) in [4.78, 5) is 11.7. The fraction of sp³-hybridized carbons (Fsp3) is 0.944. The summed E-state index contributed by atoms with van der Waals surface area (Å²) >= 11 is 0. The lowest BCUT2D eigenvalue weighted by Gasteiger charge is -2.14. The van der Waals surface area contributed by atoms with Crippen LogP contribution < -0.4 is 0 Å². The van der Waals surface area contributed by atoms with E-state index in [1.54, 1.807) is 0 Å². The minimum atomic E-state index is 0.00873. The Morgan fingerprint density at radius 2 is 1.50 bits per heavy atom. The number of carbonyl (C=O) groups excluding carboxylic acids is 1. The monoisotopic (exact) mass is 284 g/mol. The molecule has 0 saturated carbocycles. The first kappa shape index (κ1) is 19.5. The van der Waals surface area contributed by atoms with Crippen LogP contribution >= 0.6 is 0 Å². The van der Waals surface area contributed by atoms with Gasteiger partial charge in [0.25, 0.3) is 0 Å². The van der Waals surface area contributed by atoms with Crippen molar-refractivity contribution in [2.75, 3.05) is 6.61 Å². The number of unbranched alkanes of at least 4 members (excludes halogenated alkanes) is 6. The van der Waals surface area contributed by atoms with Crippen LogP contribution in [0.25, 0.3) is 0 Å². The van der Waals surface area contributed by atoms with Crippen LogP contribution in [0.4, 0.5) is 0 Å². The summed E-state index contributed by atoms with van der Waals surface area (Å²) in [6.07, 6.45) is 14.0. The van der Waals surface area contributed by atoms with Gasteiger partial charge in [0.15, 0.2) is 0 Å². The Balaban J connectivity index is 3.49. The molecule has 120 valence electrons. The smallest absolute Gasteiger partial charge is 0.305 e. The molecule has 0 rings (SSSR count). The average molecular weight is 284 g/mol. The third kappa shape index (κ3) is 12.5. The Hall–Kier alpha value is -0.530. The van der Waals surface area contributed by atoms with E-state index in [9.17, 15) is 4.79 Å². The molecule has 0 spiro atoms. The van der Waals surface area contributed by atoms with Crippen LogP contribution in [0.1, 0.15) is 97.8 Å². The number of hydrogen-bond donors (Lipinski definition) is 0. The van der Waals surface area contributed by atoms with Crippen LogP contribution in [0.15, 0.2) is 0 Å². The van der Waals surface area contributed by atoms with Crippen molar-refractivity contribution < 1.29 is 9.53 Å². The van der Waals surface area contributed by atoms with Crippen molar-refractivity contribution in [1.82, 2.24) is 0 Å². The van der Waals surface area contributed by atoms with Crippen molar-refractivity contribution in [3.8, 4) is 0 Å². The van der Waals surface area contributed by atoms with E-state index < -0.39 is 0 Å². The van der Waals surface area contributed by atoms with Gasteiger partial charge in [-0.1, -0.05) is 78.6 Å². The summed E-state index contributed by atoms with van der Waals surface area (Å²) in [5.41, 5.74) is 0. The Labute approximate surface area is 126 Å². The number of rotatable bonds is 14. The Morgan fingerprint density at radius 1 is 0.850 bits per heavy atom. The zero-order valence-corrected chi connectivity index (χ0v) is 14.1. The summed E-state index contributed by atoms with van der Waals surface area (Å²) in [7, 11) is 0. The highest BCUT2D eigenvalue weighted by Crippen LogP contribution is 2.19. The molecular weight excluding hydrogens is 248 g/mol. The fourth-order valence-electron chi connectivity index (χ4n) is 2.52. The first-order valence-electron chi connectivity index (χ1n) is 8.90. The average Bonchev–Trinajstić information content (AvgIpc) is 2.46. The summed E-state index contributed by atoms with van der Waals surface area (Å²) in [6.45, 7) is 7.30. The second-order valence-electron chi connectivity index (χ2n) is 5.94. The molecule has 0 aromatic carbocycles. The van der Waals surface area contributed by atoms with Crippen LogP contribution in [0.3, 0.4) is 0 Å². The zero-order chi connectivity index (χ0) is 15.1. The van der Waals surface area contributed by atoms with E-state index in [1.807, 2.05) is 0 Å². The summed E-state index contributed by atoms with van der Waals surface area (Å²) in [5.74, 6) is 0.716. The summed E-state index contributed by atoms with van der Waals surface area (Å²) in [6, 6.07) is 0. The topological polar surface area (TPSA) is 26.3 Å². The summed E-state index contributed by atoms with van der Waals surface area (Å²) in [5, 5.41) is 0. The van der Waals surface area contributed by atoms with E-state index in [2.05, 4.69) is 20.8 Å². The highest BCUT2D eigenvalue weighted by molar-refractivity contribution is 5.69. The molecule has 0 saturated heterocycles. The predicted octanol–water partition coefficient (Wildman–Crippen LogP) is 5.89. The normalized spacial score (nSPS) is 12.3. The van der Waals surface area contributed by atoms with Crippen molar-refractivity contribution >= 4 is 5.97 Å². The molecule has 2 heteroatoms. The maximum Gasteiger partial charge on any atom is 0.305 e. The molecule has 0 aliphatic carbocycles. The highest BCUT2D eigenvalue weighted by atomic mass is 16.5. The predicted molar refractivity (Wildman–Crippen MR) is 86.9 cm³/mol. The molecular formula is C18H36O2. The number of hydrogen-bond acceptors (Lipinski definition) is 2. The van der Waals surface area contributed by atoms with E-state index in [1.165, 1.54) is 57.8 Å². The lowest BCUT2D eigenvalue weighted by atomic mass is 9.94. The van der Waals surface area contributed by atoms with Gasteiger partial charge in [-0.25, -0.2) is 0 Å². The minimum Gasteiger partial charge on any atom is -0.466 e. The molecule has 2 nitrogen and oxygen atoms in total. The van der Waals surface area contributed by atoms with Crippen molar-refractivity contribution in [2.24, 2.45) is 5.92 Å². The van der Waals surface area contributed by atoms with E-state index in [0.29, 0.717) is 18.9 Å². The molecule has 1 unspecified atom stereocenters. The molecule has 0 bridgehead atoms. The standard InChI is InChI=1S/C18H36O2/c1-4-7-9-10-12-16-20-18(19)15-14-17(6-3)13-11-8-5-2/h17H,4-16H2,1-3H3. The number of ether oxygens (including phenoxy) is 1. The lowest BCUT2D eigenvalue weighted by molar-refractivity contribution is -0.144. The minimum absolute atomic E-state index is 0.00873. The second-order valence-corrected chi connectivity index (χ2v) is 5.94. The third-order valence-electron chi connectivity index (χ3n) is 4.06. The molecule has 0 N–H and O–H groups in total. The molecule has 0 aromatic heterocycles. The van der Waals surface area contributed by atoms with Gasteiger partial charge in [0.05, 0.1) is 6.61 Å². The first-order valence-corrected chi connectivity index (χ1v) is 8.90. The van der Waals surface area contributed by atoms with Gasteiger partial charge in [0.2, 0.25) is 0 Å². The van der Waals surface area contributed by atoms with Crippen LogP contribution in [-0.4, -0.2) is 12.6 Å². The maximum absolute atomic E-state index is 11.7. The van der Waals surface area contributed by atoms with Gasteiger partial charge in [-0.2, -0.15) is 0 Å². The van der Waals surface area contributed by atoms with Crippen LogP contribution in [-0.2, 0) is 9.53 Å². The van der Waals surface area contributed by atoms with E-state index in [-0.39, 0.29) is 5.97 Å². The zero-order valence-electron chi connectivity index (χ0n) is 14.1. The van der Waals surface area contributed by atoms with Crippen molar-refractivity contribution in [1.29, 1.82) is 0 Å². The molecule has 0 aliphatic rings. The molecule has 1 atom stereocenters. The van der Waals surface area contributed by atoms with Gasteiger partial charge in [-0.3, -0.25) is 4.79 Å². The lowest BCUT2D eigenvalue weighted by Crippen LogP contribution is -2.09. The van der Waals surface area contributed by atoms with Crippen LogP contribution in [0, 0.1) is 5.92 Å². The van der Waals surface area contributed by atoms with Gasteiger partial charge >= 0.3 is 5.97 Å². The third-order valence-corrected chi connectivity index (χ3v) is 4.06. The van der Waals surface area contributed by atoms with Gasteiger partial charge in [0.1, 0.15) is 0 Å². The molecule has 20 heavy (non-hydrogen) atoms. The molecule has 0 fully saturated rings. The fourth-order valence-corrected chi connectivity index (χ4v) is 2.52. The summed E-state index contributed by atoms with van der Waals surface area (Å²) < 4.78 is 5.30. The molecule has 0 radical (unpaired) electrons. The molecule has 0 amide bonds. The van der Waals surface area contributed by atoms with E-state index >= 15 is 0 Å². The maximum atomic E-state index is 11.7. The van der Waals surface area contributed by atoms with Crippen molar-refractivity contribution in [3.05, 3.63) is 0 Å². The Kier molecular flexibility index (Phi) is 14.5. The number of carbonyl (C=O) groups is 1. The largest absolute Gasteiger partial charge is 0.466 e. The first-order chi connectivity index (χ1) is 9.74. The molecule has 0 heterocycles. The Bertz CT molecular complexity index is 213. The quantitative estimate of drug-likeness (QED) is 0.294. The van der Waals surface area contributed by atoms with Gasteiger partial charge in [0, 0.05) is 6.42 Å². The van der Waals surface area contributed by atoms with Crippen molar-refractivity contribution in [2.45, 2.75) is 97.8 Å². The van der Waals surface area contributed by atoms with Crippen LogP contribution in [0.5, 0.6) is 0 Å². The number of esters is 1. The van der Waals surface area contributed by atoms with E-state index in [4.69, 9.17) is 4.74 Å². The van der Waals surface area contributed by atoms with Gasteiger partial charge in [-0.05, 0) is 18.8 Å². The highest BCUT2D eigenvalue weighted by Gasteiger charge is 2.10. The van der Waals surface area contributed by atoms with Gasteiger partial charge < -0.3 is 4.74 Å². The SMILES string of the molecule is CCCCCCCOC(=O)CCC(CC)CCCCC. The van der Waals surface area contributed by atoms with Crippen LogP contribution in [0.2, 0.25) is 0 Å². The molecule has 0 aromatic rings. The van der Waals surface area contributed by atoms with Gasteiger partial charge in [-0.15, -0.1) is 0 Å². The van der Waals surface area contributed by atoms with Crippen molar-refractivity contribution in [3.63, 3.8) is 0 Å². The molecule has 0 aliphatic heterocycles.